The molecule has 0 spiro atoms. The summed E-state index contributed by atoms with van der Waals surface area (Å²) in [5, 5.41) is 9.79. The fourth-order valence-corrected chi connectivity index (χ4v) is 3.90. The van der Waals surface area contributed by atoms with Crippen LogP contribution in [0.5, 0.6) is 0 Å². The molecule has 0 aliphatic heterocycles. The minimum atomic E-state index is -0.0904. The number of aromatic nitrogens is 2. The summed E-state index contributed by atoms with van der Waals surface area (Å²) in [4.78, 5) is 16.1. The maximum Gasteiger partial charge on any atom is 0.255 e. The lowest BCUT2D eigenvalue weighted by Gasteiger charge is -2.28. The lowest BCUT2D eigenvalue weighted by atomic mass is 9.93. The SMILES string of the molecule is CN(C)CC(C)(C)CNC(=O)c1cn(-c2ccccc2)nc1-c1cccs1. The predicted octanol–water partition coefficient (Wildman–Crippen LogP) is 3.92. The third-order valence-corrected chi connectivity index (χ3v) is 5.08. The van der Waals surface area contributed by atoms with Gasteiger partial charge >= 0.3 is 0 Å². The van der Waals surface area contributed by atoms with Gasteiger partial charge in [-0.1, -0.05) is 38.1 Å². The first-order valence-electron chi connectivity index (χ1n) is 8.98. The smallest absolute Gasteiger partial charge is 0.255 e. The van der Waals surface area contributed by atoms with Crippen molar-refractivity contribution in [3.63, 3.8) is 0 Å². The predicted molar refractivity (Wildman–Crippen MR) is 112 cm³/mol. The Hall–Kier alpha value is -2.44. The highest BCUT2D eigenvalue weighted by Crippen LogP contribution is 2.28. The summed E-state index contributed by atoms with van der Waals surface area (Å²) >= 11 is 1.59. The average molecular weight is 383 g/mol. The Bertz CT molecular complexity index is 882. The number of hydrogen-bond acceptors (Lipinski definition) is 4. The van der Waals surface area contributed by atoms with Gasteiger partial charge in [-0.2, -0.15) is 5.10 Å². The number of carbonyl (C=O) groups is 1. The van der Waals surface area contributed by atoms with E-state index in [2.05, 4.69) is 24.1 Å². The van der Waals surface area contributed by atoms with Crippen molar-refractivity contribution in [3.8, 4) is 16.3 Å². The molecule has 0 aliphatic carbocycles. The Morgan fingerprint density at radius 3 is 2.56 bits per heavy atom. The van der Waals surface area contributed by atoms with Crippen molar-refractivity contribution >= 4 is 17.2 Å². The van der Waals surface area contributed by atoms with Crippen LogP contribution >= 0.6 is 11.3 Å². The van der Waals surface area contributed by atoms with Crippen LogP contribution in [0.25, 0.3) is 16.3 Å². The minimum absolute atomic E-state index is 0.0162. The van der Waals surface area contributed by atoms with Gasteiger partial charge in [-0.15, -0.1) is 11.3 Å². The maximum absolute atomic E-state index is 13.0. The third-order valence-electron chi connectivity index (χ3n) is 4.21. The number of nitrogens with one attached hydrogen (secondary N) is 1. The fraction of sp³-hybridized carbons (Fsp3) is 0.333. The van der Waals surface area contributed by atoms with Gasteiger partial charge in [0.25, 0.3) is 5.91 Å². The molecule has 0 aliphatic rings. The zero-order valence-electron chi connectivity index (χ0n) is 16.3. The van der Waals surface area contributed by atoms with Crippen molar-refractivity contribution in [3.05, 3.63) is 59.6 Å². The number of para-hydroxylation sites is 1. The van der Waals surface area contributed by atoms with Gasteiger partial charge in [-0.3, -0.25) is 4.79 Å². The molecule has 5 nitrogen and oxygen atoms in total. The lowest BCUT2D eigenvalue weighted by molar-refractivity contribution is 0.0930. The van der Waals surface area contributed by atoms with E-state index in [1.165, 1.54) is 0 Å². The number of rotatable bonds is 7. The van der Waals surface area contributed by atoms with E-state index in [-0.39, 0.29) is 11.3 Å². The van der Waals surface area contributed by atoms with Crippen molar-refractivity contribution < 1.29 is 4.79 Å². The lowest BCUT2D eigenvalue weighted by Crippen LogP contribution is -2.40. The molecule has 27 heavy (non-hydrogen) atoms. The minimum Gasteiger partial charge on any atom is -0.351 e. The van der Waals surface area contributed by atoms with E-state index in [9.17, 15) is 4.79 Å². The first kappa shape index (κ1) is 19.3. The van der Waals surface area contributed by atoms with Gasteiger partial charge in [0.15, 0.2) is 0 Å². The van der Waals surface area contributed by atoms with E-state index in [0.717, 1.165) is 22.8 Å². The molecule has 0 saturated carbocycles. The highest BCUT2D eigenvalue weighted by Gasteiger charge is 2.23. The Morgan fingerprint density at radius 1 is 1.19 bits per heavy atom. The van der Waals surface area contributed by atoms with Gasteiger partial charge in [0.05, 0.1) is 16.1 Å². The second-order valence-electron chi connectivity index (χ2n) is 7.73. The summed E-state index contributed by atoms with van der Waals surface area (Å²) in [5.41, 5.74) is 2.23. The summed E-state index contributed by atoms with van der Waals surface area (Å²) < 4.78 is 1.77. The Labute approximate surface area is 164 Å². The molecule has 0 radical (unpaired) electrons. The summed E-state index contributed by atoms with van der Waals surface area (Å²) in [6, 6.07) is 13.8. The molecule has 1 aromatic carbocycles. The Balaban J connectivity index is 1.87. The quantitative estimate of drug-likeness (QED) is 0.674. The van der Waals surface area contributed by atoms with Gasteiger partial charge in [-0.05, 0) is 43.1 Å². The molecular formula is C21H26N4OS. The summed E-state index contributed by atoms with van der Waals surface area (Å²) in [7, 11) is 4.09. The molecular weight excluding hydrogens is 356 g/mol. The number of nitrogens with zero attached hydrogens (tertiary/aromatic N) is 3. The highest BCUT2D eigenvalue weighted by molar-refractivity contribution is 7.13. The van der Waals surface area contributed by atoms with Crippen LogP contribution in [0, 0.1) is 5.41 Å². The van der Waals surface area contributed by atoms with Crippen LogP contribution < -0.4 is 5.32 Å². The van der Waals surface area contributed by atoms with Crippen LogP contribution in [-0.4, -0.2) is 47.8 Å². The summed E-state index contributed by atoms with van der Waals surface area (Å²) in [5.74, 6) is -0.0904. The molecule has 3 aromatic rings. The topological polar surface area (TPSA) is 50.2 Å². The first-order chi connectivity index (χ1) is 12.9. The van der Waals surface area contributed by atoms with Crippen LogP contribution in [0.15, 0.2) is 54.0 Å². The van der Waals surface area contributed by atoms with Crippen LogP contribution in [0.1, 0.15) is 24.2 Å². The van der Waals surface area contributed by atoms with Crippen molar-refractivity contribution in [2.75, 3.05) is 27.2 Å². The molecule has 0 fully saturated rings. The van der Waals surface area contributed by atoms with Crippen LogP contribution in [0.3, 0.4) is 0 Å². The normalized spacial score (nSPS) is 11.7. The molecule has 142 valence electrons. The van der Waals surface area contributed by atoms with E-state index in [1.54, 1.807) is 16.0 Å². The molecule has 0 atom stereocenters. The van der Waals surface area contributed by atoms with Crippen molar-refractivity contribution in [2.24, 2.45) is 5.41 Å². The van der Waals surface area contributed by atoms with E-state index in [0.29, 0.717) is 12.1 Å². The molecule has 0 saturated heterocycles. The largest absolute Gasteiger partial charge is 0.351 e. The number of thiophene rings is 1. The number of amides is 1. The molecule has 2 heterocycles. The Morgan fingerprint density at radius 2 is 1.93 bits per heavy atom. The number of benzene rings is 1. The fourth-order valence-electron chi connectivity index (χ4n) is 3.18. The van der Waals surface area contributed by atoms with Gasteiger partial charge < -0.3 is 10.2 Å². The van der Waals surface area contributed by atoms with Crippen molar-refractivity contribution in [2.45, 2.75) is 13.8 Å². The maximum atomic E-state index is 13.0. The monoisotopic (exact) mass is 382 g/mol. The van der Waals surface area contributed by atoms with Gasteiger partial charge in [0, 0.05) is 19.3 Å². The second-order valence-corrected chi connectivity index (χ2v) is 8.68. The van der Waals surface area contributed by atoms with E-state index < -0.39 is 0 Å². The van der Waals surface area contributed by atoms with Gasteiger partial charge in [0.2, 0.25) is 0 Å². The van der Waals surface area contributed by atoms with E-state index >= 15 is 0 Å². The number of carbonyl (C=O) groups excluding carboxylic acids is 1. The first-order valence-corrected chi connectivity index (χ1v) is 9.86. The zero-order chi connectivity index (χ0) is 19.4. The molecule has 6 heteroatoms. The summed E-state index contributed by atoms with van der Waals surface area (Å²) in [6.07, 6.45) is 1.82. The molecule has 0 unspecified atom stereocenters. The van der Waals surface area contributed by atoms with Gasteiger partial charge in [-0.25, -0.2) is 4.68 Å². The molecule has 3 rings (SSSR count). The van der Waals surface area contributed by atoms with Crippen LogP contribution in [-0.2, 0) is 0 Å². The van der Waals surface area contributed by atoms with Crippen LogP contribution in [0.4, 0.5) is 0 Å². The summed E-state index contributed by atoms with van der Waals surface area (Å²) in [6.45, 7) is 5.81. The standard InChI is InChI=1S/C21H26N4OS/c1-21(2,15-24(3)4)14-22-20(26)17-13-25(16-9-6-5-7-10-16)23-19(17)18-11-8-12-27-18/h5-13H,14-15H2,1-4H3,(H,22,26). The molecule has 1 amide bonds. The Kier molecular flexibility index (Phi) is 5.77. The average Bonchev–Trinajstić information content (AvgIpc) is 3.28. The van der Waals surface area contributed by atoms with Crippen molar-refractivity contribution in [1.29, 1.82) is 0 Å². The number of hydrogen-bond donors (Lipinski definition) is 1. The van der Waals surface area contributed by atoms with Crippen LogP contribution in [0.2, 0.25) is 0 Å². The molecule has 1 N–H and O–H groups in total. The van der Waals surface area contributed by atoms with E-state index in [1.807, 2.05) is 68.1 Å². The van der Waals surface area contributed by atoms with Crippen molar-refractivity contribution in [1.82, 2.24) is 20.0 Å². The molecule has 2 aromatic heterocycles. The zero-order valence-corrected chi connectivity index (χ0v) is 17.1. The van der Waals surface area contributed by atoms with Gasteiger partial charge in [0.1, 0.15) is 5.69 Å². The third kappa shape index (κ3) is 4.84. The second kappa shape index (κ2) is 8.06. The highest BCUT2D eigenvalue weighted by atomic mass is 32.1. The molecule has 0 bridgehead atoms. The van der Waals surface area contributed by atoms with E-state index in [4.69, 9.17) is 5.10 Å².